The zero-order chi connectivity index (χ0) is 17.7. The maximum absolute atomic E-state index is 12.2. The number of carbonyl (C=O) groups excluding carboxylic acids is 2. The molecular formula is C17H15ClN2O4. The van der Waals surface area contributed by atoms with Crippen molar-refractivity contribution in [2.45, 2.75) is 6.04 Å². The van der Waals surface area contributed by atoms with Crippen LogP contribution in [0.4, 0.5) is 4.79 Å². The Morgan fingerprint density at radius 3 is 2.21 bits per heavy atom. The van der Waals surface area contributed by atoms with Gasteiger partial charge in [0.1, 0.15) is 0 Å². The number of rotatable bonds is 4. The van der Waals surface area contributed by atoms with E-state index in [0.717, 1.165) is 4.90 Å². The Morgan fingerprint density at radius 1 is 1.04 bits per heavy atom. The van der Waals surface area contributed by atoms with Crippen molar-refractivity contribution < 1.29 is 19.5 Å². The summed E-state index contributed by atoms with van der Waals surface area (Å²) in [5.41, 5.74) is 0.556. The van der Waals surface area contributed by atoms with E-state index < -0.39 is 23.9 Å². The number of carbonyl (C=O) groups is 3. The van der Waals surface area contributed by atoms with Crippen LogP contribution in [0.5, 0.6) is 0 Å². The van der Waals surface area contributed by atoms with Crippen molar-refractivity contribution in [1.82, 2.24) is 10.2 Å². The lowest BCUT2D eigenvalue weighted by Crippen LogP contribution is -2.44. The van der Waals surface area contributed by atoms with Gasteiger partial charge in [0, 0.05) is 23.2 Å². The third-order valence-corrected chi connectivity index (χ3v) is 3.71. The molecule has 0 aromatic heterocycles. The molecule has 0 heterocycles. The lowest BCUT2D eigenvalue weighted by Gasteiger charge is -2.21. The summed E-state index contributed by atoms with van der Waals surface area (Å²) in [7, 11) is 1.27. The van der Waals surface area contributed by atoms with Gasteiger partial charge in [-0.15, -0.1) is 0 Å². The van der Waals surface area contributed by atoms with E-state index in [1.165, 1.54) is 19.2 Å². The Kier molecular flexibility index (Phi) is 5.55. The molecule has 0 aliphatic rings. The molecule has 0 saturated carbocycles. The molecule has 2 aromatic rings. The summed E-state index contributed by atoms with van der Waals surface area (Å²) in [5, 5.41) is 11.9. The van der Waals surface area contributed by atoms with Crippen LogP contribution in [-0.2, 0) is 4.79 Å². The maximum atomic E-state index is 12.2. The average molecular weight is 347 g/mol. The van der Waals surface area contributed by atoms with E-state index in [9.17, 15) is 19.5 Å². The van der Waals surface area contributed by atoms with E-state index >= 15 is 0 Å². The SMILES string of the molecule is CN(C(=O)NC(C(=O)O)c1ccccc1Cl)C(=O)c1ccccc1. The van der Waals surface area contributed by atoms with Crippen molar-refractivity contribution >= 4 is 29.5 Å². The Morgan fingerprint density at radius 2 is 1.62 bits per heavy atom. The van der Waals surface area contributed by atoms with Gasteiger partial charge >= 0.3 is 12.0 Å². The summed E-state index contributed by atoms with van der Waals surface area (Å²) >= 11 is 5.99. The first kappa shape index (κ1) is 17.5. The van der Waals surface area contributed by atoms with Gasteiger partial charge in [-0.2, -0.15) is 0 Å². The van der Waals surface area contributed by atoms with Crippen LogP contribution in [0, 0.1) is 0 Å². The number of hydrogen-bond donors (Lipinski definition) is 2. The summed E-state index contributed by atoms with van der Waals surface area (Å²) in [6, 6.07) is 12.3. The number of aliphatic carboxylic acids is 1. The van der Waals surface area contributed by atoms with Gasteiger partial charge < -0.3 is 10.4 Å². The molecule has 3 amide bonds. The van der Waals surface area contributed by atoms with Crippen molar-refractivity contribution in [3.63, 3.8) is 0 Å². The monoisotopic (exact) mass is 346 g/mol. The molecule has 2 rings (SSSR count). The van der Waals surface area contributed by atoms with Gasteiger partial charge in [0.05, 0.1) is 0 Å². The van der Waals surface area contributed by atoms with Crippen molar-refractivity contribution in [1.29, 1.82) is 0 Å². The second kappa shape index (κ2) is 7.61. The predicted octanol–water partition coefficient (Wildman–Crippen LogP) is 2.95. The maximum Gasteiger partial charge on any atom is 0.331 e. The first-order valence-corrected chi connectivity index (χ1v) is 7.40. The predicted molar refractivity (Wildman–Crippen MR) is 88.9 cm³/mol. The highest BCUT2D eigenvalue weighted by molar-refractivity contribution is 6.31. The molecule has 0 radical (unpaired) electrons. The zero-order valence-electron chi connectivity index (χ0n) is 12.8. The minimum absolute atomic E-state index is 0.210. The topological polar surface area (TPSA) is 86.7 Å². The number of amides is 3. The number of hydrogen-bond acceptors (Lipinski definition) is 3. The van der Waals surface area contributed by atoms with Gasteiger partial charge in [-0.1, -0.05) is 48.0 Å². The summed E-state index contributed by atoms with van der Waals surface area (Å²) in [6.45, 7) is 0. The van der Waals surface area contributed by atoms with Crippen LogP contribution in [-0.4, -0.2) is 35.0 Å². The molecule has 2 N–H and O–H groups in total. The number of nitrogens with one attached hydrogen (secondary N) is 1. The Balaban J connectivity index is 2.18. The van der Waals surface area contributed by atoms with Crippen molar-refractivity contribution in [2.75, 3.05) is 7.05 Å². The van der Waals surface area contributed by atoms with E-state index in [2.05, 4.69) is 5.32 Å². The normalized spacial score (nSPS) is 11.4. The van der Waals surface area contributed by atoms with Crippen LogP contribution in [0.2, 0.25) is 5.02 Å². The molecule has 0 aliphatic heterocycles. The summed E-state index contributed by atoms with van der Waals surface area (Å²) in [5.74, 6) is -1.83. The second-order valence-electron chi connectivity index (χ2n) is 4.97. The smallest absolute Gasteiger partial charge is 0.331 e. The number of urea groups is 1. The zero-order valence-corrected chi connectivity index (χ0v) is 13.5. The van der Waals surface area contributed by atoms with Crippen LogP contribution in [0.15, 0.2) is 54.6 Å². The fourth-order valence-electron chi connectivity index (χ4n) is 2.07. The lowest BCUT2D eigenvalue weighted by atomic mass is 10.1. The molecule has 0 saturated heterocycles. The lowest BCUT2D eigenvalue weighted by molar-refractivity contribution is -0.139. The van der Waals surface area contributed by atoms with Crippen LogP contribution in [0.3, 0.4) is 0 Å². The third kappa shape index (κ3) is 3.91. The minimum atomic E-state index is -1.36. The fraction of sp³-hybridized carbons (Fsp3) is 0.118. The molecule has 124 valence electrons. The average Bonchev–Trinajstić information content (AvgIpc) is 2.59. The van der Waals surface area contributed by atoms with Crippen molar-refractivity contribution in [3.05, 3.63) is 70.7 Å². The number of benzene rings is 2. The van der Waals surface area contributed by atoms with Crippen molar-refractivity contribution in [3.8, 4) is 0 Å². The first-order chi connectivity index (χ1) is 11.4. The summed E-state index contributed by atoms with van der Waals surface area (Å²) in [6.07, 6.45) is 0. The molecule has 2 aromatic carbocycles. The van der Waals surface area contributed by atoms with Gasteiger partial charge in [-0.25, -0.2) is 9.59 Å². The molecule has 6 nitrogen and oxygen atoms in total. The largest absolute Gasteiger partial charge is 0.479 e. The molecule has 0 fully saturated rings. The number of carboxylic acid groups (broad SMARTS) is 1. The van der Waals surface area contributed by atoms with E-state index in [-0.39, 0.29) is 10.6 Å². The molecule has 0 aliphatic carbocycles. The van der Waals surface area contributed by atoms with Crippen LogP contribution >= 0.6 is 11.6 Å². The molecule has 0 bridgehead atoms. The highest BCUT2D eigenvalue weighted by Crippen LogP contribution is 2.23. The van der Waals surface area contributed by atoms with Gasteiger partial charge in [-0.3, -0.25) is 9.69 Å². The minimum Gasteiger partial charge on any atom is -0.479 e. The van der Waals surface area contributed by atoms with Crippen LogP contribution in [0.1, 0.15) is 22.0 Å². The standard InChI is InChI=1S/C17H15ClN2O4/c1-20(15(21)11-7-3-2-4-8-11)17(24)19-14(16(22)23)12-9-5-6-10-13(12)18/h2-10,14H,1H3,(H,19,24)(H,22,23). The Labute approximate surface area is 143 Å². The second-order valence-corrected chi connectivity index (χ2v) is 5.38. The van der Waals surface area contributed by atoms with E-state index in [1.807, 2.05) is 0 Å². The van der Waals surface area contributed by atoms with Gasteiger partial charge in [0.2, 0.25) is 0 Å². The molecule has 7 heteroatoms. The van der Waals surface area contributed by atoms with Gasteiger partial charge in [-0.05, 0) is 18.2 Å². The first-order valence-electron chi connectivity index (χ1n) is 7.02. The third-order valence-electron chi connectivity index (χ3n) is 3.36. The summed E-state index contributed by atoms with van der Waals surface area (Å²) < 4.78 is 0. The molecule has 1 unspecified atom stereocenters. The molecule has 24 heavy (non-hydrogen) atoms. The number of nitrogens with zero attached hydrogens (tertiary/aromatic N) is 1. The molecule has 0 spiro atoms. The number of carboxylic acids is 1. The fourth-order valence-corrected chi connectivity index (χ4v) is 2.31. The Hall–Kier alpha value is -2.86. The van der Waals surface area contributed by atoms with Gasteiger partial charge in [0.25, 0.3) is 5.91 Å². The Bertz CT molecular complexity index is 764. The number of imide groups is 1. The number of halogens is 1. The highest BCUT2D eigenvalue weighted by Gasteiger charge is 2.27. The van der Waals surface area contributed by atoms with E-state index in [1.54, 1.807) is 42.5 Å². The quantitative estimate of drug-likeness (QED) is 0.891. The van der Waals surface area contributed by atoms with E-state index in [0.29, 0.717) is 5.56 Å². The summed E-state index contributed by atoms with van der Waals surface area (Å²) in [4.78, 5) is 36.8. The van der Waals surface area contributed by atoms with Crippen LogP contribution in [0.25, 0.3) is 0 Å². The van der Waals surface area contributed by atoms with Gasteiger partial charge in [0.15, 0.2) is 6.04 Å². The van der Waals surface area contributed by atoms with E-state index in [4.69, 9.17) is 11.6 Å². The van der Waals surface area contributed by atoms with Crippen molar-refractivity contribution in [2.24, 2.45) is 0 Å². The van der Waals surface area contributed by atoms with Crippen LogP contribution < -0.4 is 5.32 Å². The molecular weight excluding hydrogens is 332 g/mol. The molecule has 1 atom stereocenters. The highest BCUT2D eigenvalue weighted by atomic mass is 35.5.